The Morgan fingerprint density at radius 3 is 2.54 bits per heavy atom. The maximum atomic E-state index is 11.0. The lowest BCUT2D eigenvalue weighted by Crippen LogP contribution is -2.41. The number of nitrogens with one attached hydrogen (secondary N) is 2. The molecule has 2 amide bonds. The van der Waals surface area contributed by atoms with Crippen LogP contribution >= 0.6 is 11.6 Å². The van der Waals surface area contributed by atoms with Crippen LogP contribution in [0.1, 0.15) is 19.3 Å². The first-order chi connectivity index (χ1) is 6.24. The Labute approximate surface area is 82.0 Å². The minimum Gasteiger partial charge on any atom is -0.348 e. The molecular formula is C8H13ClN2O2. The fourth-order valence-electron chi connectivity index (χ4n) is 0.828. The highest BCUT2D eigenvalue weighted by molar-refractivity contribution is 6.35. The summed E-state index contributed by atoms with van der Waals surface area (Å²) < 4.78 is 0. The maximum Gasteiger partial charge on any atom is 0.309 e. The summed E-state index contributed by atoms with van der Waals surface area (Å²) in [6, 6.07) is 0.228. The van der Waals surface area contributed by atoms with E-state index < -0.39 is 11.8 Å². The van der Waals surface area contributed by atoms with Gasteiger partial charge in [0.05, 0.1) is 0 Å². The highest BCUT2D eigenvalue weighted by Crippen LogP contribution is 2.18. The molecule has 1 saturated carbocycles. The predicted octanol–water partition coefficient (Wildman–Crippen LogP) is 0.0101. The average molecular weight is 205 g/mol. The molecule has 0 spiro atoms. The molecule has 0 atom stereocenters. The number of hydrogen-bond donors (Lipinski definition) is 2. The molecule has 0 radical (unpaired) electrons. The molecule has 1 fully saturated rings. The lowest BCUT2D eigenvalue weighted by Gasteiger charge is -2.03. The van der Waals surface area contributed by atoms with Gasteiger partial charge in [0.15, 0.2) is 0 Å². The Balaban J connectivity index is 2.09. The predicted molar refractivity (Wildman–Crippen MR) is 49.5 cm³/mol. The second-order valence-corrected chi connectivity index (χ2v) is 3.42. The summed E-state index contributed by atoms with van der Waals surface area (Å²) in [6.07, 6.45) is 2.66. The first-order valence-electron chi connectivity index (χ1n) is 4.38. The number of carbonyl (C=O) groups is 2. The first kappa shape index (κ1) is 10.3. The van der Waals surface area contributed by atoms with Gasteiger partial charge in [0.25, 0.3) is 0 Å². The van der Waals surface area contributed by atoms with Crippen LogP contribution < -0.4 is 10.6 Å². The summed E-state index contributed by atoms with van der Waals surface area (Å²) in [5.41, 5.74) is 0. The van der Waals surface area contributed by atoms with Crippen LogP contribution in [-0.4, -0.2) is 30.3 Å². The Hall–Kier alpha value is -0.770. The van der Waals surface area contributed by atoms with Crippen LogP contribution in [0.3, 0.4) is 0 Å². The van der Waals surface area contributed by atoms with Gasteiger partial charge in [-0.3, -0.25) is 9.59 Å². The lowest BCUT2D eigenvalue weighted by molar-refractivity contribution is -0.139. The summed E-state index contributed by atoms with van der Waals surface area (Å²) in [7, 11) is 0. The van der Waals surface area contributed by atoms with Crippen molar-refractivity contribution in [3.63, 3.8) is 0 Å². The molecule has 74 valence electrons. The number of rotatable bonds is 4. The van der Waals surface area contributed by atoms with Gasteiger partial charge in [-0.1, -0.05) is 0 Å². The number of halogens is 1. The van der Waals surface area contributed by atoms with Crippen molar-refractivity contribution in [2.75, 3.05) is 12.4 Å². The third kappa shape index (κ3) is 4.12. The summed E-state index contributed by atoms with van der Waals surface area (Å²) in [4.78, 5) is 22.0. The van der Waals surface area contributed by atoms with Crippen LogP contribution in [-0.2, 0) is 9.59 Å². The lowest BCUT2D eigenvalue weighted by atomic mass is 10.4. The Kier molecular flexibility index (Phi) is 4.02. The zero-order chi connectivity index (χ0) is 9.68. The fraction of sp³-hybridized carbons (Fsp3) is 0.750. The van der Waals surface area contributed by atoms with Crippen LogP contribution in [0.15, 0.2) is 0 Å². The van der Waals surface area contributed by atoms with Crippen LogP contribution in [0.4, 0.5) is 0 Å². The standard InChI is InChI=1S/C8H13ClN2O2/c9-4-1-5-10-7(12)8(13)11-6-2-3-6/h6H,1-5H2,(H,10,12)(H,11,13). The van der Waals surface area contributed by atoms with Crippen molar-refractivity contribution >= 4 is 23.4 Å². The van der Waals surface area contributed by atoms with Crippen molar-refractivity contribution in [1.82, 2.24) is 10.6 Å². The molecule has 0 aromatic carbocycles. The Morgan fingerprint density at radius 2 is 2.00 bits per heavy atom. The van der Waals surface area contributed by atoms with Crippen LogP contribution in [0.5, 0.6) is 0 Å². The van der Waals surface area contributed by atoms with Gasteiger partial charge in [-0.25, -0.2) is 0 Å². The molecule has 4 nitrogen and oxygen atoms in total. The van der Waals surface area contributed by atoms with Crippen molar-refractivity contribution in [3.8, 4) is 0 Å². The second kappa shape index (κ2) is 5.07. The van der Waals surface area contributed by atoms with Crippen LogP contribution in [0.2, 0.25) is 0 Å². The molecular weight excluding hydrogens is 192 g/mol. The van der Waals surface area contributed by atoms with Gasteiger partial charge >= 0.3 is 11.8 Å². The minimum atomic E-state index is -0.558. The SMILES string of the molecule is O=C(NCCCCl)C(=O)NC1CC1. The van der Waals surface area contributed by atoms with Crippen molar-refractivity contribution in [2.24, 2.45) is 0 Å². The quantitative estimate of drug-likeness (QED) is 0.385. The molecule has 0 heterocycles. The third-order valence-corrected chi connectivity index (χ3v) is 1.98. The summed E-state index contributed by atoms with van der Waals surface area (Å²) >= 11 is 5.41. The molecule has 0 saturated heterocycles. The topological polar surface area (TPSA) is 58.2 Å². The normalized spacial score (nSPS) is 15.2. The number of carbonyl (C=O) groups excluding carboxylic acids is 2. The van der Waals surface area contributed by atoms with Gasteiger partial charge in [0, 0.05) is 18.5 Å². The van der Waals surface area contributed by atoms with Gasteiger partial charge in [-0.05, 0) is 19.3 Å². The molecule has 1 aliphatic rings. The van der Waals surface area contributed by atoms with Gasteiger partial charge in [-0.2, -0.15) is 0 Å². The molecule has 5 heteroatoms. The second-order valence-electron chi connectivity index (χ2n) is 3.05. The van der Waals surface area contributed by atoms with E-state index >= 15 is 0 Å². The molecule has 2 N–H and O–H groups in total. The largest absolute Gasteiger partial charge is 0.348 e. The summed E-state index contributed by atoms with van der Waals surface area (Å²) in [6.45, 7) is 0.459. The van der Waals surface area contributed by atoms with E-state index in [0.717, 1.165) is 12.8 Å². The van der Waals surface area contributed by atoms with Crippen molar-refractivity contribution in [2.45, 2.75) is 25.3 Å². The number of hydrogen-bond acceptors (Lipinski definition) is 2. The fourth-order valence-corrected chi connectivity index (χ4v) is 0.961. The monoisotopic (exact) mass is 204 g/mol. The highest BCUT2D eigenvalue weighted by Gasteiger charge is 2.25. The molecule has 1 rings (SSSR count). The van der Waals surface area contributed by atoms with Gasteiger partial charge in [0.1, 0.15) is 0 Å². The van der Waals surface area contributed by atoms with E-state index in [1.807, 2.05) is 0 Å². The molecule has 1 aliphatic carbocycles. The zero-order valence-electron chi connectivity index (χ0n) is 7.31. The number of amides is 2. The first-order valence-corrected chi connectivity index (χ1v) is 4.92. The zero-order valence-corrected chi connectivity index (χ0v) is 8.06. The highest BCUT2D eigenvalue weighted by atomic mass is 35.5. The molecule has 0 aromatic heterocycles. The number of alkyl halides is 1. The third-order valence-electron chi connectivity index (χ3n) is 1.71. The summed E-state index contributed by atoms with van der Waals surface area (Å²) in [5.74, 6) is -0.598. The van der Waals surface area contributed by atoms with Crippen LogP contribution in [0.25, 0.3) is 0 Å². The van der Waals surface area contributed by atoms with E-state index in [9.17, 15) is 9.59 Å². The van der Waals surface area contributed by atoms with Crippen molar-refractivity contribution in [1.29, 1.82) is 0 Å². The van der Waals surface area contributed by atoms with E-state index in [-0.39, 0.29) is 6.04 Å². The minimum absolute atomic E-state index is 0.228. The molecule has 0 aliphatic heterocycles. The van der Waals surface area contributed by atoms with E-state index in [0.29, 0.717) is 18.8 Å². The van der Waals surface area contributed by atoms with Crippen LogP contribution in [0, 0.1) is 0 Å². The molecule has 13 heavy (non-hydrogen) atoms. The Morgan fingerprint density at radius 1 is 1.31 bits per heavy atom. The van der Waals surface area contributed by atoms with E-state index in [2.05, 4.69) is 10.6 Å². The average Bonchev–Trinajstić information content (AvgIpc) is 2.88. The van der Waals surface area contributed by atoms with E-state index in [1.165, 1.54) is 0 Å². The smallest absolute Gasteiger partial charge is 0.309 e. The van der Waals surface area contributed by atoms with Crippen molar-refractivity contribution in [3.05, 3.63) is 0 Å². The molecule has 0 bridgehead atoms. The van der Waals surface area contributed by atoms with Gasteiger partial charge < -0.3 is 10.6 Å². The van der Waals surface area contributed by atoms with Gasteiger partial charge in [-0.15, -0.1) is 11.6 Å². The maximum absolute atomic E-state index is 11.0. The summed E-state index contributed by atoms with van der Waals surface area (Å²) in [5, 5.41) is 5.08. The van der Waals surface area contributed by atoms with E-state index in [1.54, 1.807) is 0 Å². The van der Waals surface area contributed by atoms with Crippen molar-refractivity contribution < 1.29 is 9.59 Å². The van der Waals surface area contributed by atoms with E-state index in [4.69, 9.17) is 11.6 Å². The van der Waals surface area contributed by atoms with Gasteiger partial charge in [0.2, 0.25) is 0 Å². The molecule has 0 unspecified atom stereocenters. The molecule has 0 aromatic rings. The Bertz CT molecular complexity index is 204.